The summed E-state index contributed by atoms with van der Waals surface area (Å²) in [6.45, 7) is 11.9. The van der Waals surface area contributed by atoms with E-state index < -0.39 is 0 Å². The number of likely N-dealkylation sites (tertiary alicyclic amines) is 1. The van der Waals surface area contributed by atoms with Crippen LogP contribution >= 0.6 is 0 Å². The van der Waals surface area contributed by atoms with Gasteiger partial charge in [0.15, 0.2) is 0 Å². The summed E-state index contributed by atoms with van der Waals surface area (Å²) in [7, 11) is 0. The number of benzene rings is 1. The van der Waals surface area contributed by atoms with Gasteiger partial charge in [-0.2, -0.15) is 0 Å². The minimum absolute atomic E-state index is 0.211. The number of hydrogen-bond acceptors (Lipinski definition) is 4. The van der Waals surface area contributed by atoms with E-state index in [1.807, 2.05) is 6.07 Å². The minimum atomic E-state index is 0.211. The Hall–Kier alpha value is -1.43. The molecule has 0 amide bonds. The zero-order chi connectivity index (χ0) is 15.9. The van der Waals surface area contributed by atoms with Gasteiger partial charge in [-0.25, -0.2) is 4.98 Å². The summed E-state index contributed by atoms with van der Waals surface area (Å²) in [6, 6.07) is 8.28. The Morgan fingerprint density at radius 3 is 2.70 bits per heavy atom. The number of H-pyrrole nitrogens is 1. The lowest BCUT2D eigenvalue weighted by atomic mass is 9.94. The number of morpholine rings is 1. The van der Waals surface area contributed by atoms with Crippen molar-refractivity contribution in [3.63, 3.8) is 0 Å². The van der Waals surface area contributed by atoms with Crippen LogP contribution in [-0.4, -0.2) is 71.2 Å². The van der Waals surface area contributed by atoms with Crippen LogP contribution in [0.25, 0.3) is 11.0 Å². The van der Waals surface area contributed by atoms with E-state index in [2.05, 4.69) is 46.8 Å². The van der Waals surface area contributed by atoms with Gasteiger partial charge in [0.1, 0.15) is 5.82 Å². The highest BCUT2D eigenvalue weighted by molar-refractivity contribution is 5.74. The van der Waals surface area contributed by atoms with E-state index in [9.17, 15) is 0 Å². The highest BCUT2D eigenvalue weighted by Gasteiger charge is 2.36. The Bertz CT molecular complexity index is 635. The summed E-state index contributed by atoms with van der Waals surface area (Å²) < 4.78 is 5.48. The molecule has 0 radical (unpaired) electrons. The molecule has 0 aliphatic carbocycles. The predicted molar refractivity (Wildman–Crippen MR) is 91.7 cm³/mol. The molecule has 23 heavy (non-hydrogen) atoms. The zero-order valence-corrected chi connectivity index (χ0v) is 14.1. The first-order valence-corrected chi connectivity index (χ1v) is 8.62. The molecule has 1 aromatic heterocycles. The van der Waals surface area contributed by atoms with Crippen LogP contribution in [0.1, 0.15) is 25.6 Å². The van der Waals surface area contributed by atoms with Crippen molar-refractivity contribution in [2.75, 3.05) is 45.9 Å². The van der Waals surface area contributed by atoms with Crippen molar-refractivity contribution in [2.24, 2.45) is 0 Å². The molecule has 1 aromatic carbocycles. The second-order valence-corrected chi connectivity index (χ2v) is 7.44. The van der Waals surface area contributed by atoms with Crippen molar-refractivity contribution in [1.82, 2.24) is 19.8 Å². The molecular formula is C18H26N4O. The van der Waals surface area contributed by atoms with Crippen LogP contribution in [0.4, 0.5) is 0 Å². The molecule has 0 saturated carbocycles. The van der Waals surface area contributed by atoms with Crippen LogP contribution in [-0.2, 0) is 4.74 Å². The largest absolute Gasteiger partial charge is 0.379 e. The van der Waals surface area contributed by atoms with Crippen molar-refractivity contribution in [2.45, 2.75) is 25.3 Å². The smallest absolute Gasteiger partial charge is 0.112 e. The van der Waals surface area contributed by atoms with Gasteiger partial charge in [0.05, 0.1) is 24.2 Å². The average molecular weight is 314 g/mol. The molecule has 0 spiro atoms. The molecule has 2 aliphatic heterocycles. The maximum atomic E-state index is 5.48. The van der Waals surface area contributed by atoms with Crippen molar-refractivity contribution in [3.05, 3.63) is 30.1 Å². The highest BCUT2D eigenvalue weighted by Crippen LogP contribution is 2.29. The monoisotopic (exact) mass is 314 g/mol. The van der Waals surface area contributed by atoms with Crippen molar-refractivity contribution in [1.29, 1.82) is 0 Å². The Balaban J connectivity index is 1.35. The number of nitrogens with one attached hydrogen (secondary N) is 1. The van der Waals surface area contributed by atoms with Gasteiger partial charge in [-0.1, -0.05) is 12.1 Å². The first-order valence-electron chi connectivity index (χ1n) is 8.62. The molecule has 0 bridgehead atoms. The van der Waals surface area contributed by atoms with Crippen LogP contribution in [0.15, 0.2) is 24.3 Å². The van der Waals surface area contributed by atoms with Gasteiger partial charge in [-0.3, -0.25) is 9.80 Å². The molecule has 2 fully saturated rings. The van der Waals surface area contributed by atoms with Gasteiger partial charge in [-0.15, -0.1) is 0 Å². The Morgan fingerprint density at radius 2 is 1.96 bits per heavy atom. The Labute approximate surface area is 137 Å². The lowest BCUT2D eigenvalue weighted by Crippen LogP contribution is -2.59. The summed E-state index contributed by atoms with van der Waals surface area (Å²) in [4.78, 5) is 13.3. The van der Waals surface area contributed by atoms with Crippen LogP contribution in [0.5, 0.6) is 0 Å². The van der Waals surface area contributed by atoms with Gasteiger partial charge < -0.3 is 9.72 Å². The van der Waals surface area contributed by atoms with Crippen LogP contribution in [0.2, 0.25) is 0 Å². The normalized spacial score (nSPS) is 21.7. The minimum Gasteiger partial charge on any atom is -0.379 e. The van der Waals surface area contributed by atoms with Gasteiger partial charge in [-0.05, 0) is 26.0 Å². The zero-order valence-electron chi connectivity index (χ0n) is 14.1. The lowest BCUT2D eigenvalue weighted by molar-refractivity contribution is -0.0312. The number of fused-ring (bicyclic) bond motifs is 1. The number of para-hydroxylation sites is 2. The number of imidazole rings is 1. The SMILES string of the molecule is CC(C)(CN1CC(c2nc3ccccc3[nH]2)C1)N1CCOCC1. The molecule has 4 rings (SSSR count). The molecule has 5 nitrogen and oxygen atoms in total. The number of ether oxygens (including phenoxy) is 1. The highest BCUT2D eigenvalue weighted by atomic mass is 16.5. The van der Waals surface area contributed by atoms with E-state index in [0.717, 1.165) is 62.8 Å². The van der Waals surface area contributed by atoms with E-state index in [0.29, 0.717) is 5.92 Å². The topological polar surface area (TPSA) is 44.4 Å². The Kier molecular flexibility index (Phi) is 3.87. The summed E-state index contributed by atoms with van der Waals surface area (Å²) in [5.41, 5.74) is 2.44. The van der Waals surface area contributed by atoms with Crippen molar-refractivity contribution in [3.8, 4) is 0 Å². The van der Waals surface area contributed by atoms with E-state index in [1.54, 1.807) is 0 Å². The summed E-state index contributed by atoms with van der Waals surface area (Å²) in [5, 5.41) is 0. The van der Waals surface area contributed by atoms with E-state index in [1.165, 1.54) is 0 Å². The first kappa shape index (κ1) is 15.1. The molecule has 2 aliphatic rings. The third kappa shape index (κ3) is 3.01. The number of aromatic nitrogens is 2. The van der Waals surface area contributed by atoms with Gasteiger partial charge in [0, 0.05) is 44.2 Å². The van der Waals surface area contributed by atoms with E-state index in [-0.39, 0.29) is 5.54 Å². The fourth-order valence-electron chi connectivity index (χ4n) is 3.85. The van der Waals surface area contributed by atoms with Crippen LogP contribution < -0.4 is 0 Å². The molecule has 0 atom stereocenters. The molecule has 2 saturated heterocycles. The molecular weight excluding hydrogens is 288 g/mol. The third-order valence-electron chi connectivity index (χ3n) is 5.23. The van der Waals surface area contributed by atoms with Crippen LogP contribution in [0.3, 0.4) is 0 Å². The molecule has 3 heterocycles. The van der Waals surface area contributed by atoms with Gasteiger partial charge >= 0.3 is 0 Å². The number of rotatable bonds is 4. The number of nitrogens with zero attached hydrogens (tertiary/aromatic N) is 3. The molecule has 2 aromatic rings. The molecule has 5 heteroatoms. The molecule has 124 valence electrons. The molecule has 1 N–H and O–H groups in total. The average Bonchev–Trinajstić information content (AvgIpc) is 2.94. The fourth-order valence-corrected chi connectivity index (χ4v) is 3.85. The summed E-state index contributed by atoms with van der Waals surface area (Å²) >= 11 is 0. The summed E-state index contributed by atoms with van der Waals surface area (Å²) in [6.07, 6.45) is 0. The van der Waals surface area contributed by atoms with Gasteiger partial charge in [0.2, 0.25) is 0 Å². The Morgan fingerprint density at radius 1 is 1.22 bits per heavy atom. The summed E-state index contributed by atoms with van der Waals surface area (Å²) in [5.74, 6) is 1.69. The maximum Gasteiger partial charge on any atom is 0.112 e. The van der Waals surface area contributed by atoms with Crippen molar-refractivity contribution < 1.29 is 4.74 Å². The number of hydrogen-bond donors (Lipinski definition) is 1. The maximum absolute atomic E-state index is 5.48. The van der Waals surface area contributed by atoms with Gasteiger partial charge in [0.25, 0.3) is 0 Å². The quantitative estimate of drug-likeness (QED) is 0.938. The fraction of sp³-hybridized carbons (Fsp3) is 0.611. The third-order valence-corrected chi connectivity index (χ3v) is 5.23. The molecule has 0 unspecified atom stereocenters. The van der Waals surface area contributed by atoms with Crippen molar-refractivity contribution >= 4 is 11.0 Å². The second-order valence-electron chi connectivity index (χ2n) is 7.44. The lowest BCUT2D eigenvalue weighted by Gasteiger charge is -2.47. The standard InChI is InChI=1S/C18H26N4O/c1-18(2,22-7-9-23-10-8-22)13-21-11-14(12-21)17-19-15-5-3-4-6-16(15)20-17/h3-6,14H,7-13H2,1-2H3,(H,19,20). The van der Waals surface area contributed by atoms with E-state index in [4.69, 9.17) is 9.72 Å². The number of aromatic amines is 1. The first-order chi connectivity index (χ1) is 11.1. The van der Waals surface area contributed by atoms with Crippen LogP contribution in [0, 0.1) is 0 Å². The second kappa shape index (κ2) is 5.89. The van der Waals surface area contributed by atoms with E-state index >= 15 is 0 Å². The predicted octanol–water partition coefficient (Wildman–Crippen LogP) is 2.07.